The first-order valence-electron chi connectivity index (χ1n) is 11.0. The van der Waals surface area contributed by atoms with Crippen LogP contribution in [0.25, 0.3) is 5.76 Å². The molecule has 2 aliphatic rings. The molecule has 0 aromatic heterocycles. The monoisotopic (exact) mass is 437 g/mol. The molecule has 0 spiro atoms. The van der Waals surface area contributed by atoms with Gasteiger partial charge in [0.25, 0.3) is 11.7 Å². The second-order valence-electron chi connectivity index (χ2n) is 7.71. The van der Waals surface area contributed by atoms with Crippen LogP contribution in [0.5, 0.6) is 17.2 Å². The quantitative estimate of drug-likeness (QED) is 0.399. The van der Waals surface area contributed by atoms with E-state index in [1.54, 1.807) is 36.4 Å². The molecule has 2 aromatic rings. The van der Waals surface area contributed by atoms with Crippen LogP contribution in [0.4, 0.5) is 0 Å². The zero-order valence-electron chi connectivity index (χ0n) is 18.3. The van der Waals surface area contributed by atoms with Crippen molar-refractivity contribution in [2.75, 3.05) is 26.4 Å². The number of fused-ring (bicyclic) bond motifs is 1. The zero-order valence-corrected chi connectivity index (χ0v) is 18.3. The predicted octanol–water partition coefficient (Wildman–Crippen LogP) is 4.08. The van der Waals surface area contributed by atoms with E-state index in [1.807, 2.05) is 19.9 Å². The lowest BCUT2D eigenvalue weighted by Gasteiger charge is -2.27. The summed E-state index contributed by atoms with van der Waals surface area (Å²) in [6.45, 7) is 5.75. The van der Waals surface area contributed by atoms with Gasteiger partial charge in [-0.1, -0.05) is 19.4 Å². The number of hydrogen-bond donors (Lipinski definition) is 1. The van der Waals surface area contributed by atoms with Gasteiger partial charge in [0.05, 0.1) is 18.2 Å². The van der Waals surface area contributed by atoms with E-state index in [4.69, 9.17) is 14.2 Å². The first-order chi connectivity index (χ1) is 15.5. The standard InChI is InChI=1S/C25H27NO6/c1-3-5-12-26-22(17-8-11-19-20(15-17)32-14-13-31-19)21(24(28)25(26)29)23(27)16-6-9-18(10-7-16)30-4-2/h6-11,15,22,27H,3-5,12-14H2,1-2H3/b23-21-. The topological polar surface area (TPSA) is 85.3 Å². The molecule has 1 N–H and O–H groups in total. The summed E-state index contributed by atoms with van der Waals surface area (Å²) in [5.74, 6) is 0.354. The minimum atomic E-state index is -0.705. The number of Topliss-reactive ketones (excluding diaryl/α,β-unsaturated/α-hetero) is 1. The largest absolute Gasteiger partial charge is 0.507 e. The number of hydrogen-bond acceptors (Lipinski definition) is 6. The summed E-state index contributed by atoms with van der Waals surface area (Å²) >= 11 is 0. The fraction of sp³-hybridized carbons (Fsp3) is 0.360. The van der Waals surface area contributed by atoms with Gasteiger partial charge >= 0.3 is 0 Å². The normalized spacial score (nSPS) is 19.3. The van der Waals surface area contributed by atoms with Crippen molar-refractivity contribution in [1.82, 2.24) is 4.90 Å². The van der Waals surface area contributed by atoms with Gasteiger partial charge in [0.1, 0.15) is 24.7 Å². The van der Waals surface area contributed by atoms with E-state index in [2.05, 4.69) is 0 Å². The maximum atomic E-state index is 13.0. The SMILES string of the molecule is CCCCN1C(=O)C(=O)/C(=C(\O)c2ccc(OCC)cc2)C1c1ccc2c(c1)OCCO2. The highest BCUT2D eigenvalue weighted by Gasteiger charge is 2.46. The van der Waals surface area contributed by atoms with Crippen LogP contribution in [0.15, 0.2) is 48.0 Å². The van der Waals surface area contributed by atoms with Crippen LogP contribution < -0.4 is 14.2 Å². The number of unbranched alkanes of at least 4 members (excludes halogenated alkanes) is 1. The summed E-state index contributed by atoms with van der Waals surface area (Å²) < 4.78 is 16.8. The molecule has 168 valence electrons. The number of aliphatic hydroxyl groups excluding tert-OH is 1. The van der Waals surface area contributed by atoms with Crippen molar-refractivity contribution in [1.29, 1.82) is 0 Å². The predicted molar refractivity (Wildman–Crippen MR) is 119 cm³/mol. The Morgan fingerprint density at radius 2 is 1.78 bits per heavy atom. The van der Waals surface area contributed by atoms with Crippen molar-refractivity contribution in [3.8, 4) is 17.2 Å². The number of likely N-dealkylation sites (tertiary alicyclic amines) is 1. The number of carbonyl (C=O) groups excluding carboxylic acids is 2. The minimum Gasteiger partial charge on any atom is -0.507 e. The third-order valence-electron chi connectivity index (χ3n) is 5.61. The number of aliphatic hydroxyl groups is 1. The molecule has 0 bridgehead atoms. The highest BCUT2D eigenvalue weighted by molar-refractivity contribution is 6.46. The van der Waals surface area contributed by atoms with Crippen LogP contribution >= 0.6 is 0 Å². The second kappa shape index (κ2) is 9.34. The molecule has 2 heterocycles. The molecule has 2 aliphatic heterocycles. The number of ketones is 1. The Balaban J connectivity index is 1.80. The molecule has 7 heteroatoms. The van der Waals surface area contributed by atoms with Gasteiger partial charge in [0.2, 0.25) is 0 Å². The van der Waals surface area contributed by atoms with Crippen molar-refractivity contribution in [2.24, 2.45) is 0 Å². The van der Waals surface area contributed by atoms with E-state index < -0.39 is 17.7 Å². The van der Waals surface area contributed by atoms with Gasteiger partial charge in [-0.25, -0.2) is 0 Å². The molecular weight excluding hydrogens is 410 g/mol. The number of amides is 1. The molecule has 7 nitrogen and oxygen atoms in total. The fourth-order valence-electron chi connectivity index (χ4n) is 4.05. The Morgan fingerprint density at radius 3 is 2.47 bits per heavy atom. The number of carbonyl (C=O) groups is 2. The molecule has 2 aromatic carbocycles. The summed E-state index contributed by atoms with van der Waals surface area (Å²) in [5, 5.41) is 11.1. The van der Waals surface area contributed by atoms with Gasteiger partial charge in [-0.3, -0.25) is 9.59 Å². The summed E-state index contributed by atoms with van der Waals surface area (Å²) in [7, 11) is 0. The molecule has 1 fully saturated rings. The van der Waals surface area contributed by atoms with Crippen LogP contribution in [0, 0.1) is 0 Å². The van der Waals surface area contributed by atoms with Crippen molar-refractivity contribution >= 4 is 17.4 Å². The van der Waals surface area contributed by atoms with E-state index in [0.29, 0.717) is 54.7 Å². The molecular formula is C25H27NO6. The van der Waals surface area contributed by atoms with E-state index >= 15 is 0 Å². The smallest absolute Gasteiger partial charge is 0.295 e. The van der Waals surface area contributed by atoms with E-state index in [9.17, 15) is 14.7 Å². The average Bonchev–Trinajstić information content (AvgIpc) is 3.07. The summed E-state index contributed by atoms with van der Waals surface area (Å²) in [4.78, 5) is 27.5. The molecule has 1 saturated heterocycles. The highest BCUT2D eigenvalue weighted by Crippen LogP contribution is 2.42. The lowest BCUT2D eigenvalue weighted by Crippen LogP contribution is -2.30. The van der Waals surface area contributed by atoms with E-state index in [-0.39, 0.29) is 11.3 Å². The Labute approximate surface area is 187 Å². The van der Waals surface area contributed by atoms with Crippen molar-refractivity contribution in [3.63, 3.8) is 0 Å². The van der Waals surface area contributed by atoms with Crippen molar-refractivity contribution in [2.45, 2.75) is 32.7 Å². The first-order valence-corrected chi connectivity index (χ1v) is 11.0. The minimum absolute atomic E-state index is 0.0759. The molecule has 1 atom stereocenters. The molecule has 32 heavy (non-hydrogen) atoms. The third kappa shape index (κ3) is 4.02. The Morgan fingerprint density at radius 1 is 1.06 bits per heavy atom. The van der Waals surface area contributed by atoms with Crippen LogP contribution in [0.3, 0.4) is 0 Å². The van der Waals surface area contributed by atoms with Gasteiger partial charge in [-0.05, 0) is 55.3 Å². The van der Waals surface area contributed by atoms with Gasteiger partial charge in [0.15, 0.2) is 11.5 Å². The molecule has 0 aliphatic carbocycles. The molecule has 0 radical (unpaired) electrons. The molecule has 1 amide bonds. The lowest BCUT2D eigenvalue weighted by atomic mass is 9.94. The van der Waals surface area contributed by atoms with Crippen LogP contribution in [0.2, 0.25) is 0 Å². The Kier molecular flexibility index (Phi) is 6.35. The van der Waals surface area contributed by atoms with Gasteiger partial charge in [0, 0.05) is 12.1 Å². The van der Waals surface area contributed by atoms with Crippen LogP contribution in [-0.2, 0) is 9.59 Å². The maximum Gasteiger partial charge on any atom is 0.295 e. The molecule has 1 unspecified atom stereocenters. The van der Waals surface area contributed by atoms with Crippen LogP contribution in [0.1, 0.15) is 43.9 Å². The highest BCUT2D eigenvalue weighted by atomic mass is 16.6. The average molecular weight is 437 g/mol. The fourth-order valence-corrected chi connectivity index (χ4v) is 4.05. The lowest BCUT2D eigenvalue weighted by molar-refractivity contribution is -0.139. The number of benzene rings is 2. The van der Waals surface area contributed by atoms with Gasteiger partial charge < -0.3 is 24.2 Å². The van der Waals surface area contributed by atoms with Crippen molar-refractivity contribution < 1.29 is 28.9 Å². The first kappa shape index (κ1) is 21.7. The number of rotatable bonds is 7. The number of nitrogens with zero attached hydrogens (tertiary/aromatic N) is 1. The zero-order chi connectivity index (χ0) is 22.7. The second-order valence-corrected chi connectivity index (χ2v) is 7.71. The van der Waals surface area contributed by atoms with Gasteiger partial charge in [-0.15, -0.1) is 0 Å². The van der Waals surface area contributed by atoms with Gasteiger partial charge in [-0.2, -0.15) is 0 Å². The van der Waals surface area contributed by atoms with E-state index in [0.717, 1.165) is 12.8 Å². The Hall–Kier alpha value is -3.48. The summed E-state index contributed by atoms with van der Waals surface area (Å²) in [6, 6.07) is 11.5. The van der Waals surface area contributed by atoms with E-state index in [1.165, 1.54) is 4.90 Å². The number of ether oxygens (including phenoxy) is 3. The van der Waals surface area contributed by atoms with Crippen molar-refractivity contribution in [3.05, 3.63) is 59.2 Å². The summed E-state index contributed by atoms with van der Waals surface area (Å²) in [5.41, 5.74) is 1.22. The summed E-state index contributed by atoms with van der Waals surface area (Å²) in [6.07, 6.45) is 1.62. The maximum absolute atomic E-state index is 13.0. The Bertz CT molecular complexity index is 1040. The third-order valence-corrected chi connectivity index (χ3v) is 5.61. The van der Waals surface area contributed by atoms with Crippen LogP contribution in [-0.4, -0.2) is 48.1 Å². The molecule has 0 saturated carbocycles. The molecule has 4 rings (SSSR count).